The molecule has 3 nitrogen and oxygen atoms in total. The van der Waals surface area contributed by atoms with Gasteiger partial charge in [-0.2, -0.15) is 0 Å². The summed E-state index contributed by atoms with van der Waals surface area (Å²) in [7, 11) is 0. The molecule has 0 atom stereocenters. The number of carbonyl (C=O) groups excluding carboxylic acids is 2. The van der Waals surface area contributed by atoms with Crippen molar-refractivity contribution < 1.29 is 14.3 Å². The predicted molar refractivity (Wildman–Crippen MR) is 39.4 cm³/mol. The van der Waals surface area contributed by atoms with Crippen molar-refractivity contribution in [1.29, 1.82) is 0 Å². The van der Waals surface area contributed by atoms with Crippen molar-refractivity contribution in [2.45, 2.75) is 13.3 Å². The molecule has 0 saturated heterocycles. The van der Waals surface area contributed by atoms with Gasteiger partial charge in [-0.25, -0.2) is 4.79 Å². The Hall–Kier alpha value is -1.56. The molecule has 0 spiro atoms. The Balaban J connectivity index is 3.78. The monoisotopic (exact) mass is 152 g/mol. The average Bonchev–Trinajstić information content (AvgIpc) is 1.87. The van der Waals surface area contributed by atoms with Crippen LogP contribution in [0.5, 0.6) is 0 Å². The molecule has 0 aliphatic carbocycles. The van der Waals surface area contributed by atoms with Gasteiger partial charge in [-0.3, -0.25) is 4.79 Å². The number of rotatable bonds is 2. The Morgan fingerprint density at radius 3 is 2.73 bits per heavy atom. The first-order valence-corrected chi connectivity index (χ1v) is 3.01. The fourth-order valence-electron chi connectivity index (χ4n) is 0.402. The van der Waals surface area contributed by atoms with Crippen LogP contribution in [0.3, 0.4) is 0 Å². The van der Waals surface area contributed by atoms with Crippen LogP contribution in [0.15, 0.2) is 12.2 Å². The van der Waals surface area contributed by atoms with Crippen molar-refractivity contribution in [3.8, 4) is 12.3 Å². The van der Waals surface area contributed by atoms with Crippen molar-refractivity contribution in [1.82, 2.24) is 0 Å². The van der Waals surface area contributed by atoms with Gasteiger partial charge in [0, 0.05) is 6.08 Å². The van der Waals surface area contributed by atoms with E-state index in [4.69, 9.17) is 6.42 Å². The summed E-state index contributed by atoms with van der Waals surface area (Å²) in [6.45, 7) is 1.65. The summed E-state index contributed by atoms with van der Waals surface area (Å²) in [6.07, 6.45) is 7.25. The average molecular weight is 152 g/mol. The van der Waals surface area contributed by atoms with Gasteiger partial charge in [0.1, 0.15) is 6.42 Å². The van der Waals surface area contributed by atoms with Crippen LogP contribution in [-0.4, -0.2) is 11.9 Å². The second-order valence-corrected chi connectivity index (χ2v) is 1.67. The third-order valence-corrected chi connectivity index (χ3v) is 0.764. The van der Waals surface area contributed by atoms with Crippen molar-refractivity contribution >= 4 is 11.9 Å². The third kappa shape index (κ3) is 4.91. The lowest BCUT2D eigenvalue weighted by molar-refractivity contribution is -0.155. The smallest absolute Gasteiger partial charge is 0.338 e. The lowest BCUT2D eigenvalue weighted by atomic mass is 10.4. The zero-order chi connectivity index (χ0) is 8.69. The summed E-state index contributed by atoms with van der Waals surface area (Å²) in [5, 5.41) is 0. The Kier molecular flexibility index (Phi) is 4.50. The van der Waals surface area contributed by atoms with Crippen LogP contribution in [0.2, 0.25) is 0 Å². The van der Waals surface area contributed by atoms with E-state index in [1.54, 1.807) is 6.92 Å². The number of allylic oxidation sites excluding steroid dienone is 1. The van der Waals surface area contributed by atoms with Crippen molar-refractivity contribution in [3.05, 3.63) is 12.2 Å². The highest BCUT2D eigenvalue weighted by atomic mass is 16.6. The van der Waals surface area contributed by atoms with E-state index in [1.165, 1.54) is 6.08 Å². The molecule has 0 heterocycles. The Labute approximate surface area is 65.0 Å². The summed E-state index contributed by atoms with van der Waals surface area (Å²) in [4.78, 5) is 21.0. The molecule has 0 bridgehead atoms. The standard InChI is InChI=1S/C8H8O3/c1-3-5-7(9)11-8(10)6-4-2/h1,4,6H,5H2,2H3/b6-4+. The second-order valence-electron chi connectivity index (χ2n) is 1.67. The first-order chi connectivity index (χ1) is 5.20. The molecule has 0 aliphatic heterocycles. The van der Waals surface area contributed by atoms with Crippen LogP contribution in [0.1, 0.15) is 13.3 Å². The highest BCUT2D eigenvalue weighted by Gasteiger charge is 2.03. The summed E-state index contributed by atoms with van der Waals surface area (Å²) < 4.78 is 4.22. The van der Waals surface area contributed by atoms with E-state index >= 15 is 0 Å². The van der Waals surface area contributed by atoms with Crippen LogP contribution in [0.25, 0.3) is 0 Å². The Morgan fingerprint density at radius 1 is 1.64 bits per heavy atom. The maximum Gasteiger partial charge on any atom is 0.338 e. The zero-order valence-corrected chi connectivity index (χ0v) is 6.16. The molecule has 58 valence electrons. The van der Waals surface area contributed by atoms with Gasteiger partial charge in [0.05, 0.1) is 0 Å². The fourth-order valence-corrected chi connectivity index (χ4v) is 0.402. The Morgan fingerprint density at radius 2 is 2.27 bits per heavy atom. The molecule has 0 N–H and O–H groups in total. The number of terminal acetylenes is 1. The molecule has 3 heteroatoms. The molecule has 0 rings (SSSR count). The van der Waals surface area contributed by atoms with E-state index in [2.05, 4.69) is 10.7 Å². The van der Waals surface area contributed by atoms with Crippen molar-refractivity contribution in [2.24, 2.45) is 0 Å². The first-order valence-electron chi connectivity index (χ1n) is 3.01. The van der Waals surface area contributed by atoms with Gasteiger partial charge in [-0.05, 0) is 6.92 Å². The van der Waals surface area contributed by atoms with E-state index in [0.717, 1.165) is 6.08 Å². The summed E-state index contributed by atoms with van der Waals surface area (Å²) in [5.41, 5.74) is 0. The summed E-state index contributed by atoms with van der Waals surface area (Å²) >= 11 is 0. The molecule has 11 heavy (non-hydrogen) atoms. The lowest BCUT2D eigenvalue weighted by Gasteiger charge is -1.93. The molecular formula is C8H8O3. The molecule has 0 aliphatic rings. The fraction of sp³-hybridized carbons (Fsp3) is 0.250. The Bertz CT molecular complexity index is 220. The van der Waals surface area contributed by atoms with Gasteiger partial charge in [0.25, 0.3) is 0 Å². The van der Waals surface area contributed by atoms with E-state index in [9.17, 15) is 9.59 Å². The molecular weight excluding hydrogens is 144 g/mol. The van der Waals surface area contributed by atoms with Crippen molar-refractivity contribution in [2.75, 3.05) is 0 Å². The van der Waals surface area contributed by atoms with E-state index < -0.39 is 11.9 Å². The predicted octanol–water partition coefficient (Wildman–Crippen LogP) is 0.656. The van der Waals surface area contributed by atoms with Crippen LogP contribution < -0.4 is 0 Å². The molecule has 0 unspecified atom stereocenters. The zero-order valence-electron chi connectivity index (χ0n) is 6.16. The maximum absolute atomic E-state index is 10.5. The van der Waals surface area contributed by atoms with Gasteiger partial charge < -0.3 is 4.74 Å². The van der Waals surface area contributed by atoms with Crippen LogP contribution >= 0.6 is 0 Å². The molecule has 0 saturated carbocycles. The number of esters is 2. The van der Waals surface area contributed by atoms with Crippen LogP contribution in [0.4, 0.5) is 0 Å². The van der Waals surface area contributed by atoms with Gasteiger partial charge in [-0.15, -0.1) is 6.42 Å². The SMILES string of the molecule is C#CCC(=O)OC(=O)/C=C/C. The van der Waals surface area contributed by atoms with Gasteiger partial charge in [0.15, 0.2) is 0 Å². The minimum absolute atomic E-state index is 0.177. The summed E-state index contributed by atoms with van der Waals surface area (Å²) in [6, 6.07) is 0. The van der Waals surface area contributed by atoms with Gasteiger partial charge >= 0.3 is 11.9 Å². The molecule has 0 aromatic rings. The molecule has 0 aromatic carbocycles. The normalized spacial score (nSPS) is 9.09. The molecule has 0 amide bonds. The van der Waals surface area contributed by atoms with Crippen LogP contribution in [0, 0.1) is 12.3 Å². The number of hydrogen-bond acceptors (Lipinski definition) is 3. The van der Waals surface area contributed by atoms with Gasteiger partial charge in [0.2, 0.25) is 0 Å². The second kappa shape index (κ2) is 5.24. The quantitative estimate of drug-likeness (QED) is 0.252. The minimum atomic E-state index is -0.699. The third-order valence-electron chi connectivity index (χ3n) is 0.764. The minimum Gasteiger partial charge on any atom is -0.389 e. The van der Waals surface area contributed by atoms with E-state index in [-0.39, 0.29) is 6.42 Å². The first kappa shape index (κ1) is 9.44. The largest absolute Gasteiger partial charge is 0.389 e. The van der Waals surface area contributed by atoms with Crippen molar-refractivity contribution in [3.63, 3.8) is 0 Å². The maximum atomic E-state index is 10.5. The molecule has 0 aromatic heterocycles. The number of carbonyl (C=O) groups is 2. The van der Waals surface area contributed by atoms with Gasteiger partial charge in [-0.1, -0.05) is 12.0 Å². The van der Waals surface area contributed by atoms with E-state index in [1.807, 2.05) is 0 Å². The highest BCUT2D eigenvalue weighted by Crippen LogP contribution is 1.86. The number of hydrogen-bond donors (Lipinski definition) is 0. The molecule has 0 fully saturated rings. The summed E-state index contributed by atoms with van der Waals surface area (Å²) in [5.74, 6) is 0.678. The van der Waals surface area contributed by atoms with E-state index in [0.29, 0.717) is 0 Å². The lowest BCUT2D eigenvalue weighted by Crippen LogP contribution is -2.08. The highest BCUT2D eigenvalue weighted by molar-refractivity contribution is 5.92. The topological polar surface area (TPSA) is 43.4 Å². The molecule has 0 radical (unpaired) electrons. The van der Waals surface area contributed by atoms with Crippen LogP contribution in [-0.2, 0) is 14.3 Å². The number of ether oxygens (including phenoxy) is 1.